The molecule has 3 rings (SSSR count). The molecule has 1 atom stereocenters. The quantitative estimate of drug-likeness (QED) is 0.384. The Labute approximate surface area is 175 Å². The molecule has 27 heavy (non-hydrogen) atoms. The fourth-order valence-corrected chi connectivity index (χ4v) is 2.93. The molecule has 1 fully saturated rings. The maximum atomic E-state index is 13.9. The predicted octanol–water partition coefficient (Wildman–Crippen LogP) is 2.19. The van der Waals surface area contributed by atoms with Crippen LogP contribution in [0.2, 0.25) is 0 Å². The summed E-state index contributed by atoms with van der Waals surface area (Å²) in [5, 5.41) is 6.66. The third-order valence-corrected chi connectivity index (χ3v) is 4.26. The first kappa shape index (κ1) is 21.1. The largest absolute Gasteiger partial charge is 0.481 e. The minimum absolute atomic E-state index is 0. The number of guanidine groups is 1. The standard InChI is InChI=1S/C18H23FN6O.HI/c1-20-18(23-11-13-5-8-21-16(10-13)26-2)24-14-6-9-25(12-14)17-15(19)4-3-7-22-17;/h3-5,7-8,10,14H,6,9,11-12H2,1-2H3,(H2,20,23,24);1H. The molecule has 0 aromatic carbocycles. The van der Waals surface area contributed by atoms with Gasteiger partial charge in [-0.2, -0.15) is 0 Å². The molecule has 1 aliphatic heterocycles. The summed E-state index contributed by atoms with van der Waals surface area (Å²) >= 11 is 0. The highest BCUT2D eigenvalue weighted by Crippen LogP contribution is 2.20. The van der Waals surface area contributed by atoms with Crippen LogP contribution in [0.3, 0.4) is 0 Å². The maximum absolute atomic E-state index is 13.9. The zero-order chi connectivity index (χ0) is 18.4. The fraction of sp³-hybridized carbons (Fsp3) is 0.389. The van der Waals surface area contributed by atoms with E-state index in [9.17, 15) is 4.39 Å². The van der Waals surface area contributed by atoms with Gasteiger partial charge in [-0.05, 0) is 30.2 Å². The highest BCUT2D eigenvalue weighted by atomic mass is 127. The van der Waals surface area contributed by atoms with Crippen LogP contribution in [0.5, 0.6) is 5.88 Å². The third kappa shape index (κ3) is 5.65. The normalized spacial score (nSPS) is 16.6. The van der Waals surface area contributed by atoms with Crippen LogP contribution < -0.4 is 20.3 Å². The number of aromatic nitrogens is 2. The molecule has 0 amide bonds. The molecule has 1 aliphatic rings. The summed E-state index contributed by atoms with van der Waals surface area (Å²) in [5.74, 6) is 1.40. The van der Waals surface area contributed by atoms with Gasteiger partial charge in [0.1, 0.15) is 0 Å². The van der Waals surface area contributed by atoms with Crippen molar-refractivity contribution in [3.8, 4) is 5.88 Å². The number of aliphatic imine (C=N–C) groups is 1. The Morgan fingerprint density at radius 1 is 1.37 bits per heavy atom. The minimum Gasteiger partial charge on any atom is -0.481 e. The molecule has 2 aromatic rings. The predicted molar refractivity (Wildman–Crippen MR) is 114 cm³/mol. The SMILES string of the molecule is CN=C(NCc1ccnc(OC)c1)NC1CCN(c2ncccc2F)C1.I. The molecular formula is C18H24FIN6O. The maximum Gasteiger partial charge on any atom is 0.213 e. The lowest BCUT2D eigenvalue weighted by Crippen LogP contribution is -2.44. The highest BCUT2D eigenvalue weighted by Gasteiger charge is 2.25. The Kier molecular flexibility index (Phi) is 8.01. The van der Waals surface area contributed by atoms with Crippen LogP contribution in [0.1, 0.15) is 12.0 Å². The zero-order valence-electron chi connectivity index (χ0n) is 15.4. The molecule has 3 heterocycles. The molecule has 9 heteroatoms. The fourth-order valence-electron chi connectivity index (χ4n) is 2.93. The van der Waals surface area contributed by atoms with Gasteiger partial charge in [0.25, 0.3) is 0 Å². The Bertz CT molecular complexity index is 775. The molecule has 0 saturated carbocycles. The van der Waals surface area contributed by atoms with E-state index in [4.69, 9.17) is 4.74 Å². The van der Waals surface area contributed by atoms with E-state index < -0.39 is 0 Å². The number of rotatable bonds is 5. The van der Waals surface area contributed by atoms with Gasteiger partial charge < -0.3 is 20.3 Å². The summed E-state index contributed by atoms with van der Waals surface area (Å²) in [6.45, 7) is 2.03. The lowest BCUT2D eigenvalue weighted by Gasteiger charge is -2.20. The van der Waals surface area contributed by atoms with E-state index in [1.807, 2.05) is 17.0 Å². The number of anilines is 1. The van der Waals surface area contributed by atoms with Crippen molar-refractivity contribution in [3.63, 3.8) is 0 Å². The third-order valence-electron chi connectivity index (χ3n) is 4.26. The Morgan fingerprint density at radius 3 is 2.96 bits per heavy atom. The van der Waals surface area contributed by atoms with E-state index in [1.54, 1.807) is 32.6 Å². The molecule has 2 aromatic heterocycles. The van der Waals surface area contributed by atoms with Crippen LogP contribution in [0.25, 0.3) is 0 Å². The van der Waals surface area contributed by atoms with Crippen molar-refractivity contribution in [1.29, 1.82) is 0 Å². The number of nitrogens with zero attached hydrogens (tertiary/aromatic N) is 4. The van der Waals surface area contributed by atoms with Crippen molar-refractivity contribution in [2.45, 2.75) is 19.0 Å². The van der Waals surface area contributed by atoms with Crippen LogP contribution in [-0.4, -0.2) is 49.2 Å². The molecule has 7 nitrogen and oxygen atoms in total. The van der Waals surface area contributed by atoms with Crippen molar-refractivity contribution in [2.24, 2.45) is 4.99 Å². The van der Waals surface area contributed by atoms with Crippen LogP contribution in [0.15, 0.2) is 41.7 Å². The van der Waals surface area contributed by atoms with Gasteiger partial charge in [-0.15, -0.1) is 24.0 Å². The summed E-state index contributed by atoms with van der Waals surface area (Å²) in [6, 6.07) is 7.01. The Hall–Kier alpha value is -2.17. The van der Waals surface area contributed by atoms with E-state index in [2.05, 4.69) is 25.6 Å². The molecule has 0 bridgehead atoms. The zero-order valence-corrected chi connectivity index (χ0v) is 17.7. The second kappa shape index (κ2) is 10.2. The molecule has 146 valence electrons. The average molecular weight is 486 g/mol. The first-order valence-electron chi connectivity index (χ1n) is 8.51. The van der Waals surface area contributed by atoms with Crippen molar-refractivity contribution < 1.29 is 9.13 Å². The summed E-state index contributed by atoms with van der Waals surface area (Å²) in [5.41, 5.74) is 1.04. The molecular weight excluding hydrogens is 462 g/mol. The number of ether oxygens (including phenoxy) is 1. The second-order valence-corrected chi connectivity index (χ2v) is 6.02. The summed E-state index contributed by atoms with van der Waals surface area (Å²) in [4.78, 5) is 14.5. The summed E-state index contributed by atoms with van der Waals surface area (Å²) in [6.07, 6.45) is 4.21. The van der Waals surface area contributed by atoms with Gasteiger partial charge in [0, 0.05) is 51.2 Å². The van der Waals surface area contributed by atoms with Crippen LogP contribution in [-0.2, 0) is 6.54 Å². The van der Waals surface area contributed by atoms with Crippen molar-refractivity contribution in [1.82, 2.24) is 20.6 Å². The van der Waals surface area contributed by atoms with E-state index in [0.29, 0.717) is 30.7 Å². The van der Waals surface area contributed by atoms with Gasteiger partial charge in [-0.25, -0.2) is 14.4 Å². The van der Waals surface area contributed by atoms with Crippen LogP contribution >= 0.6 is 24.0 Å². The van der Waals surface area contributed by atoms with E-state index >= 15 is 0 Å². The number of pyridine rings is 2. The molecule has 0 spiro atoms. The van der Waals surface area contributed by atoms with Crippen molar-refractivity contribution >= 4 is 35.8 Å². The number of hydrogen-bond donors (Lipinski definition) is 2. The van der Waals surface area contributed by atoms with Crippen LogP contribution in [0.4, 0.5) is 10.2 Å². The Balaban J connectivity index is 0.00000261. The first-order valence-corrected chi connectivity index (χ1v) is 8.51. The Morgan fingerprint density at radius 2 is 2.22 bits per heavy atom. The summed E-state index contributed by atoms with van der Waals surface area (Å²) < 4.78 is 19.0. The monoisotopic (exact) mass is 486 g/mol. The van der Waals surface area contributed by atoms with Gasteiger partial charge in [0.05, 0.1) is 7.11 Å². The molecule has 0 radical (unpaired) electrons. The molecule has 0 aliphatic carbocycles. The van der Waals surface area contributed by atoms with Crippen molar-refractivity contribution in [3.05, 3.63) is 48.0 Å². The lowest BCUT2D eigenvalue weighted by atomic mass is 10.2. The smallest absolute Gasteiger partial charge is 0.213 e. The number of hydrogen-bond acceptors (Lipinski definition) is 5. The first-order chi connectivity index (χ1) is 12.7. The topological polar surface area (TPSA) is 74.7 Å². The minimum atomic E-state index is -0.290. The number of nitrogens with one attached hydrogen (secondary N) is 2. The van der Waals surface area contributed by atoms with E-state index in [-0.39, 0.29) is 35.8 Å². The second-order valence-electron chi connectivity index (χ2n) is 6.02. The molecule has 2 N–H and O–H groups in total. The van der Waals surface area contributed by atoms with Gasteiger partial charge in [-0.3, -0.25) is 4.99 Å². The van der Waals surface area contributed by atoms with E-state index in [1.165, 1.54) is 6.07 Å². The van der Waals surface area contributed by atoms with Gasteiger partial charge >= 0.3 is 0 Å². The van der Waals surface area contributed by atoms with E-state index in [0.717, 1.165) is 18.5 Å². The van der Waals surface area contributed by atoms with Gasteiger partial charge in [0.15, 0.2) is 17.6 Å². The number of halogens is 2. The lowest BCUT2D eigenvalue weighted by molar-refractivity contribution is 0.397. The van der Waals surface area contributed by atoms with Crippen molar-refractivity contribution in [2.75, 3.05) is 32.1 Å². The molecule has 1 unspecified atom stereocenters. The average Bonchev–Trinajstić information content (AvgIpc) is 3.14. The number of methoxy groups -OCH3 is 1. The van der Waals surface area contributed by atoms with Crippen LogP contribution in [0, 0.1) is 5.82 Å². The highest BCUT2D eigenvalue weighted by molar-refractivity contribution is 14.0. The summed E-state index contributed by atoms with van der Waals surface area (Å²) in [7, 11) is 3.32. The van der Waals surface area contributed by atoms with Gasteiger partial charge in [0.2, 0.25) is 5.88 Å². The van der Waals surface area contributed by atoms with Gasteiger partial charge in [-0.1, -0.05) is 0 Å². The molecule has 1 saturated heterocycles.